The monoisotopic (exact) mass is 307 g/mol. The third kappa shape index (κ3) is 3.52. The maximum atomic E-state index is 12.4. The predicted octanol–water partition coefficient (Wildman–Crippen LogP) is 0.819. The molecule has 2 aliphatic rings. The van der Waals surface area contributed by atoms with Crippen molar-refractivity contribution in [3.63, 3.8) is 0 Å². The largest absolute Gasteiger partial charge is 0.375 e. The van der Waals surface area contributed by atoms with Crippen molar-refractivity contribution in [2.24, 2.45) is 7.05 Å². The maximum Gasteiger partial charge on any atom is 0.317 e. The van der Waals surface area contributed by atoms with E-state index in [9.17, 15) is 4.79 Å². The van der Waals surface area contributed by atoms with E-state index < -0.39 is 0 Å². The number of aryl methyl sites for hydroxylation is 1. The van der Waals surface area contributed by atoms with Crippen LogP contribution in [0.25, 0.3) is 0 Å². The number of carbonyl (C=O) groups is 1. The summed E-state index contributed by atoms with van der Waals surface area (Å²) in [4.78, 5) is 16.5. The van der Waals surface area contributed by atoms with Crippen LogP contribution in [0.3, 0.4) is 0 Å². The quantitative estimate of drug-likeness (QED) is 0.879. The number of aromatic nitrogens is 2. The van der Waals surface area contributed by atoms with Crippen molar-refractivity contribution in [3.8, 4) is 0 Å². The van der Waals surface area contributed by atoms with E-state index in [1.165, 1.54) is 0 Å². The van der Waals surface area contributed by atoms with Gasteiger partial charge < -0.3 is 19.9 Å². The second kappa shape index (κ2) is 6.56. The smallest absolute Gasteiger partial charge is 0.317 e. The van der Waals surface area contributed by atoms with Crippen LogP contribution in [-0.4, -0.2) is 65.6 Å². The van der Waals surface area contributed by atoms with Crippen LogP contribution in [0.4, 0.5) is 10.5 Å². The molecule has 2 atom stereocenters. The SMILES string of the molecule is C[C@@H]1CN(C(=O)N[C@@H]2CCCN(c3cnn(C)c3)C2)CCO1. The molecule has 0 radical (unpaired) electrons. The van der Waals surface area contributed by atoms with E-state index in [4.69, 9.17) is 4.74 Å². The Morgan fingerprint density at radius 2 is 2.27 bits per heavy atom. The van der Waals surface area contributed by atoms with Crippen LogP contribution in [0.1, 0.15) is 19.8 Å². The van der Waals surface area contributed by atoms with E-state index >= 15 is 0 Å². The van der Waals surface area contributed by atoms with Gasteiger partial charge in [0, 0.05) is 45.5 Å². The molecule has 22 heavy (non-hydrogen) atoms. The van der Waals surface area contributed by atoms with Crippen molar-refractivity contribution in [2.75, 3.05) is 37.7 Å². The highest BCUT2D eigenvalue weighted by Gasteiger charge is 2.26. The summed E-state index contributed by atoms with van der Waals surface area (Å²) in [5.74, 6) is 0. The van der Waals surface area contributed by atoms with Gasteiger partial charge in [-0.1, -0.05) is 0 Å². The molecule has 0 aromatic carbocycles. The van der Waals surface area contributed by atoms with Gasteiger partial charge in [0.1, 0.15) is 0 Å². The Morgan fingerprint density at radius 3 is 3.00 bits per heavy atom. The fourth-order valence-corrected chi connectivity index (χ4v) is 3.17. The zero-order valence-electron chi connectivity index (χ0n) is 13.4. The fourth-order valence-electron chi connectivity index (χ4n) is 3.17. The topological polar surface area (TPSA) is 62.6 Å². The molecule has 0 bridgehead atoms. The second-order valence-corrected chi connectivity index (χ2v) is 6.23. The molecule has 1 aromatic rings. The second-order valence-electron chi connectivity index (χ2n) is 6.23. The molecule has 0 spiro atoms. The molecule has 1 aromatic heterocycles. The number of carbonyl (C=O) groups excluding carboxylic acids is 1. The molecule has 3 rings (SSSR count). The van der Waals surface area contributed by atoms with E-state index in [0.29, 0.717) is 19.7 Å². The Kier molecular flexibility index (Phi) is 4.52. The van der Waals surface area contributed by atoms with Gasteiger partial charge in [-0.05, 0) is 19.8 Å². The Labute approximate surface area is 131 Å². The van der Waals surface area contributed by atoms with Crippen LogP contribution in [0.5, 0.6) is 0 Å². The summed E-state index contributed by atoms with van der Waals surface area (Å²) in [6, 6.07) is 0.229. The van der Waals surface area contributed by atoms with Gasteiger partial charge in [0.25, 0.3) is 0 Å². The number of hydrogen-bond donors (Lipinski definition) is 1. The highest BCUT2D eigenvalue weighted by atomic mass is 16.5. The summed E-state index contributed by atoms with van der Waals surface area (Å²) in [6.45, 7) is 5.84. The van der Waals surface area contributed by atoms with Crippen LogP contribution in [-0.2, 0) is 11.8 Å². The molecule has 0 saturated carbocycles. The van der Waals surface area contributed by atoms with Gasteiger partial charge in [-0.15, -0.1) is 0 Å². The number of amides is 2. The summed E-state index contributed by atoms with van der Waals surface area (Å²) >= 11 is 0. The molecule has 1 N–H and O–H groups in total. The lowest BCUT2D eigenvalue weighted by Crippen LogP contribution is -2.54. The number of hydrogen-bond acceptors (Lipinski definition) is 4. The van der Waals surface area contributed by atoms with Gasteiger partial charge >= 0.3 is 6.03 Å². The molecule has 2 fully saturated rings. The van der Waals surface area contributed by atoms with Gasteiger partial charge in [0.2, 0.25) is 0 Å². The average Bonchev–Trinajstić information content (AvgIpc) is 2.94. The highest BCUT2D eigenvalue weighted by Crippen LogP contribution is 2.19. The summed E-state index contributed by atoms with van der Waals surface area (Å²) in [7, 11) is 1.92. The van der Waals surface area contributed by atoms with Crippen molar-refractivity contribution in [1.82, 2.24) is 20.0 Å². The normalized spacial score (nSPS) is 26.1. The molecular weight excluding hydrogens is 282 g/mol. The number of nitrogens with one attached hydrogen (secondary N) is 1. The van der Waals surface area contributed by atoms with E-state index in [-0.39, 0.29) is 18.2 Å². The predicted molar refractivity (Wildman–Crippen MR) is 84.0 cm³/mol. The minimum atomic E-state index is 0.0354. The van der Waals surface area contributed by atoms with E-state index in [2.05, 4.69) is 15.3 Å². The first-order valence-corrected chi connectivity index (χ1v) is 8.02. The summed E-state index contributed by atoms with van der Waals surface area (Å²) < 4.78 is 7.30. The molecule has 2 amide bonds. The fraction of sp³-hybridized carbons (Fsp3) is 0.733. The van der Waals surface area contributed by atoms with Crippen LogP contribution in [0, 0.1) is 0 Å². The number of ether oxygens (including phenoxy) is 1. The zero-order chi connectivity index (χ0) is 15.5. The van der Waals surface area contributed by atoms with Gasteiger partial charge in [-0.2, -0.15) is 5.10 Å². The Hall–Kier alpha value is -1.76. The summed E-state index contributed by atoms with van der Waals surface area (Å²) in [6.07, 6.45) is 6.14. The Bertz CT molecular complexity index is 518. The zero-order valence-corrected chi connectivity index (χ0v) is 13.4. The number of piperidine rings is 1. The molecule has 0 unspecified atom stereocenters. The lowest BCUT2D eigenvalue weighted by molar-refractivity contribution is -0.00392. The van der Waals surface area contributed by atoms with Crippen LogP contribution in [0.2, 0.25) is 0 Å². The number of morpholine rings is 1. The van der Waals surface area contributed by atoms with E-state index in [1.54, 1.807) is 0 Å². The molecular formula is C15H25N5O2. The van der Waals surface area contributed by atoms with Crippen molar-refractivity contribution < 1.29 is 9.53 Å². The average molecular weight is 307 g/mol. The third-order valence-corrected chi connectivity index (χ3v) is 4.33. The number of rotatable bonds is 2. The summed E-state index contributed by atoms with van der Waals surface area (Å²) in [5.41, 5.74) is 1.13. The van der Waals surface area contributed by atoms with Crippen molar-refractivity contribution in [3.05, 3.63) is 12.4 Å². The number of anilines is 1. The van der Waals surface area contributed by atoms with Gasteiger partial charge in [-0.25, -0.2) is 4.79 Å². The van der Waals surface area contributed by atoms with Gasteiger partial charge in [0.05, 0.1) is 24.6 Å². The first-order valence-electron chi connectivity index (χ1n) is 8.02. The minimum absolute atomic E-state index is 0.0354. The maximum absolute atomic E-state index is 12.4. The molecule has 2 aliphatic heterocycles. The van der Waals surface area contributed by atoms with Gasteiger partial charge in [0.15, 0.2) is 0 Å². The molecule has 0 aliphatic carbocycles. The van der Waals surface area contributed by atoms with Crippen LogP contribution < -0.4 is 10.2 Å². The van der Waals surface area contributed by atoms with E-state index in [1.807, 2.05) is 35.9 Å². The lowest BCUT2D eigenvalue weighted by atomic mass is 10.1. The molecule has 7 heteroatoms. The third-order valence-electron chi connectivity index (χ3n) is 4.33. The van der Waals surface area contributed by atoms with Gasteiger partial charge in [-0.3, -0.25) is 4.68 Å². The molecule has 2 saturated heterocycles. The number of urea groups is 1. The summed E-state index contributed by atoms with van der Waals surface area (Å²) in [5, 5.41) is 7.40. The molecule has 3 heterocycles. The van der Waals surface area contributed by atoms with E-state index in [0.717, 1.165) is 31.6 Å². The van der Waals surface area contributed by atoms with Crippen LogP contribution in [0.15, 0.2) is 12.4 Å². The van der Waals surface area contributed by atoms with Crippen molar-refractivity contribution >= 4 is 11.7 Å². The van der Waals surface area contributed by atoms with Crippen LogP contribution >= 0.6 is 0 Å². The highest BCUT2D eigenvalue weighted by molar-refractivity contribution is 5.74. The lowest BCUT2D eigenvalue weighted by Gasteiger charge is -2.36. The molecule has 122 valence electrons. The Morgan fingerprint density at radius 1 is 1.41 bits per heavy atom. The standard InChI is InChI=1S/C15H25N5O2/c1-12-9-20(6-7-22-12)15(21)17-13-4-3-5-19(10-13)14-8-16-18(2)11-14/h8,11-13H,3-7,9-10H2,1-2H3,(H,17,21)/t12-,13-/m1/s1. The number of nitrogens with zero attached hydrogens (tertiary/aromatic N) is 4. The molecule has 7 nitrogen and oxygen atoms in total. The van der Waals surface area contributed by atoms with Crippen molar-refractivity contribution in [1.29, 1.82) is 0 Å². The minimum Gasteiger partial charge on any atom is -0.375 e. The first-order chi connectivity index (χ1) is 10.6. The van der Waals surface area contributed by atoms with Crippen molar-refractivity contribution in [2.45, 2.75) is 31.9 Å². The first kappa shape index (κ1) is 15.1. The Balaban J connectivity index is 1.54.